The summed E-state index contributed by atoms with van der Waals surface area (Å²) in [5.41, 5.74) is -0.677. The number of carbonyl (C=O) groups excluding carboxylic acids is 2. The van der Waals surface area contributed by atoms with Crippen molar-refractivity contribution in [3.8, 4) is 0 Å². The highest BCUT2D eigenvalue weighted by molar-refractivity contribution is 6.35. The lowest BCUT2D eigenvalue weighted by molar-refractivity contribution is -0.135. The van der Waals surface area contributed by atoms with Gasteiger partial charge >= 0.3 is 0 Å². The van der Waals surface area contributed by atoms with Crippen LogP contribution in [0.5, 0.6) is 0 Å². The lowest BCUT2D eigenvalue weighted by atomic mass is 9.94. The second-order valence-corrected chi connectivity index (χ2v) is 5.66. The number of anilines is 1. The molecule has 0 aliphatic carbocycles. The van der Waals surface area contributed by atoms with Gasteiger partial charge in [-0.05, 0) is 25.5 Å². The molecule has 1 unspecified atom stereocenters. The predicted octanol–water partition coefficient (Wildman–Crippen LogP) is 2.76. The molecule has 1 aliphatic rings. The van der Waals surface area contributed by atoms with Crippen LogP contribution in [-0.2, 0) is 9.59 Å². The summed E-state index contributed by atoms with van der Waals surface area (Å²) in [4.78, 5) is 25.5. The third kappa shape index (κ3) is 2.47. The molecule has 1 heterocycles. The van der Waals surface area contributed by atoms with E-state index in [4.69, 9.17) is 23.2 Å². The van der Waals surface area contributed by atoms with Crippen LogP contribution in [-0.4, -0.2) is 23.9 Å². The molecule has 0 saturated carbocycles. The lowest BCUT2D eigenvalue weighted by Crippen LogP contribution is -2.65. The molecule has 20 heavy (non-hydrogen) atoms. The molecule has 1 aromatic carbocycles. The van der Waals surface area contributed by atoms with Crippen LogP contribution in [0.15, 0.2) is 12.1 Å². The topological polar surface area (TPSA) is 49.4 Å². The monoisotopic (exact) mass is 318 g/mol. The first kappa shape index (κ1) is 15.1. The summed E-state index contributed by atoms with van der Waals surface area (Å²) < 4.78 is 13.4. The fraction of sp³-hybridized carbons (Fsp3) is 0.385. The number of rotatable bonds is 2. The molecule has 1 aromatic rings. The Morgan fingerprint density at radius 3 is 2.40 bits per heavy atom. The zero-order chi connectivity index (χ0) is 15.1. The molecule has 2 amide bonds. The van der Waals surface area contributed by atoms with Gasteiger partial charge in [-0.2, -0.15) is 0 Å². The van der Waals surface area contributed by atoms with Crippen LogP contribution in [0.2, 0.25) is 10.0 Å². The van der Waals surface area contributed by atoms with E-state index in [9.17, 15) is 14.0 Å². The van der Waals surface area contributed by atoms with E-state index in [1.807, 2.05) is 0 Å². The number of nitrogens with one attached hydrogen (secondary N) is 1. The Morgan fingerprint density at radius 2 is 1.90 bits per heavy atom. The summed E-state index contributed by atoms with van der Waals surface area (Å²) in [5, 5.41) is 2.28. The molecule has 1 N–H and O–H groups in total. The molecular formula is C13H13Cl2FN2O2. The summed E-state index contributed by atoms with van der Waals surface area (Å²) >= 11 is 11.5. The van der Waals surface area contributed by atoms with E-state index >= 15 is 0 Å². The molecule has 1 saturated heterocycles. The van der Waals surface area contributed by atoms with Crippen LogP contribution in [0.3, 0.4) is 0 Å². The molecule has 1 aliphatic heterocycles. The van der Waals surface area contributed by atoms with E-state index in [-0.39, 0.29) is 28.4 Å². The SMILES string of the molecule is CCC1(C)NC(=O)CN(c2cc(Cl)c(F)c(Cl)c2)C1=O. The summed E-state index contributed by atoms with van der Waals surface area (Å²) in [6, 6.07) is 2.57. The van der Waals surface area contributed by atoms with Crippen molar-refractivity contribution in [3.05, 3.63) is 28.0 Å². The van der Waals surface area contributed by atoms with Crippen LogP contribution in [0, 0.1) is 5.82 Å². The Kier molecular flexibility index (Phi) is 3.93. The quantitative estimate of drug-likeness (QED) is 0.852. The van der Waals surface area contributed by atoms with Gasteiger partial charge in [0.15, 0.2) is 5.82 Å². The van der Waals surface area contributed by atoms with Crippen molar-refractivity contribution in [1.29, 1.82) is 0 Å². The fourth-order valence-electron chi connectivity index (χ4n) is 2.06. The Hall–Kier alpha value is -1.33. The number of carbonyl (C=O) groups is 2. The van der Waals surface area contributed by atoms with Crippen molar-refractivity contribution in [3.63, 3.8) is 0 Å². The van der Waals surface area contributed by atoms with Crippen LogP contribution >= 0.6 is 23.2 Å². The number of hydrogen-bond acceptors (Lipinski definition) is 2. The molecule has 2 rings (SSSR count). The molecule has 1 atom stereocenters. The average molecular weight is 319 g/mol. The number of amides is 2. The van der Waals surface area contributed by atoms with Gasteiger partial charge in [-0.25, -0.2) is 4.39 Å². The van der Waals surface area contributed by atoms with Gasteiger partial charge in [0, 0.05) is 5.69 Å². The minimum Gasteiger partial charge on any atom is -0.340 e. The minimum atomic E-state index is -0.983. The largest absolute Gasteiger partial charge is 0.340 e. The molecule has 1 fully saturated rings. The standard InChI is InChI=1S/C13H13Cl2FN2O2/c1-3-13(2)12(20)18(6-10(19)17-13)7-4-8(14)11(16)9(15)5-7/h4-5H,3,6H2,1-2H3,(H,17,19). The molecule has 108 valence electrons. The Labute approximate surface area is 125 Å². The van der Waals surface area contributed by atoms with Crippen LogP contribution in [0.25, 0.3) is 0 Å². The summed E-state index contributed by atoms with van der Waals surface area (Å²) in [7, 11) is 0. The van der Waals surface area contributed by atoms with Crippen molar-refractivity contribution in [1.82, 2.24) is 5.32 Å². The second kappa shape index (κ2) is 5.22. The van der Waals surface area contributed by atoms with Crippen molar-refractivity contribution in [2.24, 2.45) is 0 Å². The predicted molar refractivity (Wildman–Crippen MR) is 75.6 cm³/mol. The van der Waals surface area contributed by atoms with E-state index in [1.54, 1.807) is 13.8 Å². The van der Waals surface area contributed by atoms with Crippen LogP contribution in [0.1, 0.15) is 20.3 Å². The first-order valence-corrected chi connectivity index (χ1v) is 6.81. The maximum absolute atomic E-state index is 13.4. The van der Waals surface area contributed by atoms with Crippen molar-refractivity contribution in [2.45, 2.75) is 25.8 Å². The number of piperazine rings is 1. The van der Waals surface area contributed by atoms with E-state index in [1.165, 1.54) is 17.0 Å². The fourth-order valence-corrected chi connectivity index (χ4v) is 2.54. The van der Waals surface area contributed by atoms with E-state index in [0.29, 0.717) is 12.1 Å². The minimum absolute atomic E-state index is 0.146. The zero-order valence-electron chi connectivity index (χ0n) is 11.0. The Bertz CT molecular complexity index is 571. The zero-order valence-corrected chi connectivity index (χ0v) is 12.5. The van der Waals surface area contributed by atoms with Gasteiger partial charge in [0.2, 0.25) is 5.91 Å². The molecule has 0 aromatic heterocycles. The van der Waals surface area contributed by atoms with Gasteiger partial charge in [-0.15, -0.1) is 0 Å². The number of benzene rings is 1. The molecule has 0 spiro atoms. The van der Waals surface area contributed by atoms with Gasteiger partial charge in [0.05, 0.1) is 10.0 Å². The first-order chi connectivity index (χ1) is 9.28. The molecule has 7 heteroatoms. The first-order valence-electron chi connectivity index (χ1n) is 6.06. The number of nitrogens with zero attached hydrogens (tertiary/aromatic N) is 1. The summed E-state index contributed by atoms with van der Waals surface area (Å²) in [5.74, 6) is -1.31. The molecule has 4 nitrogen and oxygen atoms in total. The van der Waals surface area contributed by atoms with Gasteiger partial charge in [-0.3, -0.25) is 9.59 Å². The third-order valence-electron chi connectivity index (χ3n) is 3.42. The number of halogens is 3. The smallest absolute Gasteiger partial charge is 0.252 e. The van der Waals surface area contributed by atoms with Gasteiger partial charge in [0.1, 0.15) is 12.1 Å². The van der Waals surface area contributed by atoms with Crippen molar-refractivity contribution < 1.29 is 14.0 Å². The van der Waals surface area contributed by atoms with Gasteiger partial charge in [-0.1, -0.05) is 30.1 Å². The summed E-state index contributed by atoms with van der Waals surface area (Å²) in [6.07, 6.45) is 0.441. The second-order valence-electron chi connectivity index (χ2n) is 4.85. The summed E-state index contributed by atoms with van der Waals surface area (Å²) in [6.45, 7) is 3.30. The Morgan fingerprint density at radius 1 is 1.35 bits per heavy atom. The highest BCUT2D eigenvalue weighted by Gasteiger charge is 2.42. The van der Waals surface area contributed by atoms with Gasteiger partial charge < -0.3 is 10.2 Å². The van der Waals surface area contributed by atoms with Crippen molar-refractivity contribution >= 4 is 40.7 Å². The van der Waals surface area contributed by atoms with Crippen LogP contribution in [0.4, 0.5) is 10.1 Å². The van der Waals surface area contributed by atoms with E-state index in [0.717, 1.165) is 0 Å². The number of hydrogen-bond donors (Lipinski definition) is 1. The highest BCUT2D eigenvalue weighted by atomic mass is 35.5. The van der Waals surface area contributed by atoms with E-state index in [2.05, 4.69) is 5.32 Å². The molecular weight excluding hydrogens is 306 g/mol. The third-order valence-corrected chi connectivity index (χ3v) is 3.97. The van der Waals surface area contributed by atoms with Crippen LogP contribution < -0.4 is 10.2 Å². The van der Waals surface area contributed by atoms with Crippen molar-refractivity contribution in [2.75, 3.05) is 11.4 Å². The average Bonchev–Trinajstić information content (AvgIpc) is 2.39. The normalized spacial score (nSPS) is 22.9. The lowest BCUT2D eigenvalue weighted by Gasteiger charge is -2.39. The maximum atomic E-state index is 13.4. The highest BCUT2D eigenvalue weighted by Crippen LogP contribution is 2.31. The maximum Gasteiger partial charge on any atom is 0.252 e. The Balaban J connectivity index is 2.46. The molecule has 0 radical (unpaired) electrons. The molecule has 0 bridgehead atoms. The van der Waals surface area contributed by atoms with Gasteiger partial charge in [0.25, 0.3) is 5.91 Å². The van der Waals surface area contributed by atoms with E-state index < -0.39 is 11.4 Å².